The van der Waals surface area contributed by atoms with E-state index < -0.39 is 0 Å². The normalized spacial score (nSPS) is 27.5. The third-order valence-electron chi connectivity index (χ3n) is 4.74. The molecule has 0 spiro atoms. The highest BCUT2D eigenvalue weighted by atomic mass is 35.5. The lowest BCUT2D eigenvalue weighted by Gasteiger charge is -2.28. The molecule has 116 valence electrons. The van der Waals surface area contributed by atoms with Crippen molar-refractivity contribution in [2.75, 3.05) is 13.2 Å². The molecule has 0 aromatic heterocycles. The van der Waals surface area contributed by atoms with Gasteiger partial charge in [-0.05, 0) is 36.5 Å². The first kappa shape index (κ1) is 15.6. The van der Waals surface area contributed by atoms with Crippen molar-refractivity contribution in [2.45, 2.75) is 57.1 Å². The van der Waals surface area contributed by atoms with Crippen LogP contribution in [0.4, 0.5) is 0 Å². The fraction of sp³-hybridized carbons (Fsp3) is 0.647. The van der Waals surface area contributed by atoms with Crippen LogP contribution in [0.15, 0.2) is 12.1 Å². The number of hydrogen-bond acceptors (Lipinski definition) is 2. The molecule has 0 saturated carbocycles. The van der Waals surface area contributed by atoms with Crippen LogP contribution in [0.3, 0.4) is 0 Å². The summed E-state index contributed by atoms with van der Waals surface area (Å²) in [6, 6.07) is 4.71. The van der Waals surface area contributed by atoms with Crippen molar-refractivity contribution >= 4 is 23.2 Å². The maximum Gasteiger partial charge on any atom is 0.107 e. The number of nitrogens with one attached hydrogen (secondary N) is 1. The number of ether oxygens (including phenoxy) is 1. The third-order valence-corrected chi connectivity index (χ3v) is 5.58. The maximum absolute atomic E-state index is 6.40. The predicted octanol–water partition coefficient (Wildman–Crippen LogP) is 4.70. The molecule has 2 aliphatic heterocycles. The molecule has 2 bridgehead atoms. The fourth-order valence-corrected chi connectivity index (χ4v) is 3.92. The van der Waals surface area contributed by atoms with Crippen molar-refractivity contribution in [3.05, 3.63) is 33.3 Å². The third kappa shape index (κ3) is 3.10. The van der Waals surface area contributed by atoms with E-state index in [1.165, 1.54) is 36.8 Å². The Morgan fingerprint density at radius 3 is 2.76 bits per heavy atom. The van der Waals surface area contributed by atoms with Gasteiger partial charge in [-0.3, -0.25) is 0 Å². The minimum atomic E-state index is -0.183. The van der Waals surface area contributed by atoms with Crippen molar-refractivity contribution < 1.29 is 4.74 Å². The van der Waals surface area contributed by atoms with Gasteiger partial charge in [0.25, 0.3) is 0 Å². The Bertz CT molecular complexity index is 510. The molecule has 1 N–H and O–H groups in total. The summed E-state index contributed by atoms with van der Waals surface area (Å²) < 4.78 is 6.05. The van der Waals surface area contributed by atoms with Gasteiger partial charge >= 0.3 is 0 Å². The lowest BCUT2D eigenvalue weighted by Crippen LogP contribution is -2.37. The van der Waals surface area contributed by atoms with Crippen molar-refractivity contribution in [3.8, 4) is 0 Å². The summed E-state index contributed by atoms with van der Waals surface area (Å²) in [5.74, 6) is 0. The highest BCUT2D eigenvalue weighted by Gasteiger charge is 2.47. The Kier molecular flexibility index (Phi) is 4.80. The molecule has 2 heterocycles. The molecule has 1 aromatic rings. The molecule has 1 aromatic carbocycles. The highest BCUT2D eigenvalue weighted by Crippen LogP contribution is 2.43. The molecule has 2 unspecified atom stereocenters. The van der Waals surface area contributed by atoms with E-state index in [0.29, 0.717) is 16.1 Å². The standard InChI is InChI=1S/C17H23Cl2NO/c1-2-3-4-5-6-12-7-13(8-15(18)16(12)19)17-9-14(10-21-17)20-11-17/h7-8,14,20H,2-6,9-11H2,1H3. The zero-order valence-electron chi connectivity index (χ0n) is 12.6. The van der Waals surface area contributed by atoms with Gasteiger partial charge in [0.1, 0.15) is 5.60 Å². The first-order valence-corrected chi connectivity index (χ1v) is 8.76. The number of rotatable bonds is 6. The molecule has 4 heteroatoms. The molecule has 2 aliphatic rings. The summed E-state index contributed by atoms with van der Waals surface area (Å²) in [6.07, 6.45) is 6.99. The van der Waals surface area contributed by atoms with E-state index in [1.807, 2.05) is 6.07 Å². The summed E-state index contributed by atoms with van der Waals surface area (Å²) in [4.78, 5) is 0. The van der Waals surface area contributed by atoms with Crippen LogP contribution in [0.25, 0.3) is 0 Å². The van der Waals surface area contributed by atoms with Gasteiger partial charge in [-0.1, -0.05) is 55.5 Å². The monoisotopic (exact) mass is 327 g/mol. The zero-order chi connectivity index (χ0) is 14.9. The lowest BCUT2D eigenvalue weighted by atomic mass is 9.90. The SMILES string of the molecule is CCCCCCc1cc(C23CNC(CO2)C3)cc(Cl)c1Cl. The van der Waals surface area contributed by atoms with Gasteiger partial charge in [-0.15, -0.1) is 0 Å². The van der Waals surface area contributed by atoms with Gasteiger partial charge in [-0.2, -0.15) is 0 Å². The largest absolute Gasteiger partial charge is 0.367 e. The second-order valence-electron chi connectivity index (χ2n) is 6.33. The van der Waals surface area contributed by atoms with Crippen molar-refractivity contribution in [2.24, 2.45) is 0 Å². The predicted molar refractivity (Wildman–Crippen MR) is 88.3 cm³/mol. The van der Waals surface area contributed by atoms with E-state index in [0.717, 1.165) is 26.0 Å². The van der Waals surface area contributed by atoms with Crippen LogP contribution in [0.2, 0.25) is 10.0 Å². The second-order valence-corrected chi connectivity index (χ2v) is 7.11. The number of halogens is 2. The summed E-state index contributed by atoms with van der Waals surface area (Å²) in [7, 11) is 0. The minimum absolute atomic E-state index is 0.183. The quantitative estimate of drug-likeness (QED) is 0.764. The molecule has 21 heavy (non-hydrogen) atoms. The smallest absolute Gasteiger partial charge is 0.107 e. The van der Waals surface area contributed by atoms with E-state index >= 15 is 0 Å². The second kappa shape index (κ2) is 6.45. The number of benzene rings is 1. The van der Waals surface area contributed by atoms with Gasteiger partial charge in [0, 0.05) is 12.6 Å². The van der Waals surface area contributed by atoms with Crippen LogP contribution in [0.5, 0.6) is 0 Å². The molecule has 2 saturated heterocycles. The van der Waals surface area contributed by atoms with Crippen LogP contribution in [0, 0.1) is 0 Å². The van der Waals surface area contributed by atoms with E-state index in [4.69, 9.17) is 27.9 Å². The molecule has 0 radical (unpaired) electrons. The van der Waals surface area contributed by atoms with Crippen LogP contribution >= 0.6 is 23.2 Å². The van der Waals surface area contributed by atoms with Crippen LogP contribution in [-0.2, 0) is 16.8 Å². The Labute approximate surface area is 137 Å². The number of hydrogen-bond donors (Lipinski definition) is 1. The molecule has 0 aliphatic carbocycles. The minimum Gasteiger partial charge on any atom is -0.367 e. The lowest BCUT2D eigenvalue weighted by molar-refractivity contribution is -0.00962. The molecule has 3 rings (SSSR count). The van der Waals surface area contributed by atoms with E-state index in [2.05, 4.69) is 18.3 Å². The Morgan fingerprint density at radius 2 is 2.14 bits per heavy atom. The maximum atomic E-state index is 6.40. The summed E-state index contributed by atoms with van der Waals surface area (Å²) >= 11 is 12.8. The molecule has 2 fully saturated rings. The van der Waals surface area contributed by atoms with Crippen molar-refractivity contribution in [3.63, 3.8) is 0 Å². The summed E-state index contributed by atoms with van der Waals surface area (Å²) in [5.41, 5.74) is 2.18. The van der Waals surface area contributed by atoms with Crippen molar-refractivity contribution in [1.29, 1.82) is 0 Å². The first-order chi connectivity index (χ1) is 10.1. The van der Waals surface area contributed by atoms with Gasteiger partial charge in [0.2, 0.25) is 0 Å². The Balaban J connectivity index is 1.80. The Morgan fingerprint density at radius 1 is 1.29 bits per heavy atom. The van der Waals surface area contributed by atoms with Crippen molar-refractivity contribution in [1.82, 2.24) is 5.32 Å². The molecular formula is C17H23Cl2NO. The van der Waals surface area contributed by atoms with Gasteiger partial charge in [0.05, 0.1) is 16.7 Å². The number of aryl methyl sites for hydroxylation is 1. The van der Waals surface area contributed by atoms with Gasteiger partial charge in [0.15, 0.2) is 0 Å². The number of morpholine rings is 1. The fourth-order valence-electron chi connectivity index (χ4n) is 3.48. The highest BCUT2D eigenvalue weighted by molar-refractivity contribution is 6.42. The molecule has 2 atom stereocenters. The first-order valence-electron chi connectivity index (χ1n) is 8.00. The topological polar surface area (TPSA) is 21.3 Å². The van der Waals surface area contributed by atoms with E-state index in [1.54, 1.807) is 0 Å². The van der Waals surface area contributed by atoms with Gasteiger partial charge < -0.3 is 10.1 Å². The number of fused-ring (bicyclic) bond motifs is 2. The zero-order valence-corrected chi connectivity index (χ0v) is 14.1. The summed E-state index contributed by atoms with van der Waals surface area (Å²) in [6.45, 7) is 3.90. The van der Waals surface area contributed by atoms with Gasteiger partial charge in [-0.25, -0.2) is 0 Å². The van der Waals surface area contributed by atoms with E-state index in [-0.39, 0.29) is 5.60 Å². The van der Waals surface area contributed by atoms with Crippen LogP contribution in [0.1, 0.15) is 50.2 Å². The average molecular weight is 328 g/mol. The molecular weight excluding hydrogens is 305 g/mol. The number of unbranched alkanes of at least 4 members (excludes halogenated alkanes) is 3. The average Bonchev–Trinajstić information content (AvgIpc) is 3.09. The molecule has 2 nitrogen and oxygen atoms in total. The van der Waals surface area contributed by atoms with Crippen LogP contribution in [-0.4, -0.2) is 19.2 Å². The van der Waals surface area contributed by atoms with E-state index in [9.17, 15) is 0 Å². The van der Waals surface area contributed by atoms with Crippen LogP contribution < -0.4 is 5.32 Å². The summed E-state index contributed by atoms with van der Waals surface area (Å²) in [5, 5.41) is 4.88. The molecule has 0 amide bonds. The Hall–Kier alpha value is -0.280.